The number of rotatable bonds is 5. The minimum Gasteiger partial charge on any atom is -0.294 e. The molecule has 0 N–H and O–H groups in total. The van der Waals surface area contributed by atoms with Crippen LogP contribution in [0.25, 0.3) is 0 Å². The van der Waals surface area contributed by atoms with Crippen molar-refractivity contribution < 1.29 is 4.79 Å². The number of nitrogens with zero attached hydrogens (tertiary/aromatic N) is 1. The normalized spacial score (nSPS) is 17.5. The Morgan fingerprint density at radius 2 is 1.67 bits per heavy atom. The van der Waals surface area contributed by atoms with E-state index in [2.05, 4.69) is 12.1 Å². The van der Waals surface area contributed by atoms with Gasteiger partial charge in [0.2, 0.25) is 0 Å². The molecule has 2 aromatic carbocycles. The summed E-state index contributed by atoms with van der Waals surface area (Å²) in [7, 11) is 0. The first-order valence-electron chi connectivity index (χ1n) is 7.53. The number of hydrogen-bond donors (Lipinski definition) is 0. The van der Waals surface area contributed by atoms with Gasteiger partial charge in [-0.25, -0.2) is 0 Å². The maximum atomic E-state index is 12.1. The molecule has 1 unspecified atom stereocenters. The van der Waals surface area contributed by atoms with E-state index in [0.29, 0.717) is 12.5 Å². The summed E-state index contributed by atoms with van der Waals surface area (Å²) in [5, 5.41) is 0. The van der Waals surface area contributed by atoms with Gasteiger partial charge in [-0.05, 0) is 24.8 Å². The summed E-state index contributed by atoms with van der Waals surface area (Å²) < 4.78 is 0. The third-order valence-corrected chi connectivity index (χ3v) is 3.96. The molecule has 1 aliphatic rings. The second-order valence-corrected chi connectivity index (χ2v) is 5.46. The van der Waals surface area contributed by atoms with Gasteiger partial charge in [0.1, 0.15) is 0 Å². The quantitative estimate of drug-likeness (QED) is 0.749. The number of carbonyl (C=O) groups is 1. The van der Waals surface area contributed by atoms with Gasteiger partial charge in [-0.3, -0.25) is 9.79 Å². The number of benzene rings is 2. The lowest BCUT2D eigenvalue weighted by molar-refractivity contribution is 0.0977. The second-order valence-electron chi connectivity index (χ2n) is 5.46. The number of hydrogen-bond acceptors (Lipinski definition) is 2. The lowest BCUT2D eigenvalue weighted by atomic mass is 10.0. The van der Waals surface area contributed by atoms with Crippen molar-refractivity contribution >= 4 is 11.5 Å². The van der Waals surface area contributed by atoms with E-state index < -0.39 is 0 Å². The number of Topliss-reactive ketones (excluding diaryl/α,β-unsaturated/α-hetero) is 1. The fraction of sp³-hybridized carbons (Fsp3) is 0.263. The summed E-state index contributed by atoms with van der Waals surface area (Å²) in [6, 6.07) is 20.2. The zero-order valence-electron chi connectivity index (χ0n) is 12.0. The Hall–Kier alpha value is -2.22. The van der Waals surface area contributed by atoms with Gasteiger partial charge in [-0.1, -0.05) is 60.7 Å². The predicted molar refractivity (Wildman–Crippen MR) is 86.0 cm³/mol. The maximum absolute atomic E-state index is 12.1. The summed E-state index contributed by atoms with van der Waals surface area (Å²) in [5.74, 6) is 0.221. The van der Waals surface area contributed by atoms with Crippen LogP contribution in [0.1, 0.15) is 41.6 Å². The standard InChI is InChI=1S/C19H19NO/c21-19(16-9-5-2-6-10-16)14-12-17-11-13-18(20-17)15-7-3-1-4-8-15/h1-10,17H,11-14H2. The maximum Gasteiger partial charge on any atom is 0.162 e. The van der Waals surface area contributed by atoms with E-state index in [4.69, 9.17) is 4.99 Å². The molecule has 0 amide bonds. The van der Waals surface area contributed by atoms with E-state index >= 15 is 0 Å². The zero-order chi connectivity index (χ0) is 14.5. The molecule has 0 bridgehead atoms. The molecule has 2 aromatic rings. The molecule has 21 heavy (non-hydrogen) atoms. The Balaban J connectivity index is 1.58. The van der Waals surface area contributed by atoms with Crippen molar-refractivity contribution in [2.45, 2.75) is 31.7 Å². The van der Waals surface area contributed by atoms with Crippen LogP contribution < -0.4 is 0 Å². The molecule has 2 nitrogen and oxygen atoms in total. The Kier molecular flexibility index (Phi) is 4.25. The van der Waals surface area contributed by atoms with Crippen LogP contribution in [0.3, 0.4) is 0 Å². The third kappa shape index (κ3) is 3.46. The molecule has 0 saturated heterocycles. The van der Waals surface area contributed by atoms with Gasteiger partial charge in [-0.15, -0.1) is 0 Å². The van der Waals surface area contributed by atoms with Gasteiger partial charge in [-0.2, -0.15) is 0 Å². The largest absolute Gasteiger partial charge is 0.294 e. The van der Waals surface area contributed by atoms with Crippen LogP contribution in [0.4, 0.5) is 0 Å². The molecule has 0 spiro atoms. The Morgan fingerprint density at radius 1 is 1.00 bits per heavy atom. The highest BCUT2D eigenvalue weighted by molar-refractivity contribution is 6.01. The molecule has 0 aromatic heterocycles. The van der Waals surface area contributed by atoms with E-state index in [0.717, 1.165) is 24.8 Å². The van der Waals surface area contributed by atoms with Crippen LogP contribution in [-0.2, 0) is 0 Å². The van der Waals surface area contributed by atoms with Crippen LogP contribution in [0, 0.1) is 0 Å². The lowest BCUT2D eigenvalue weighted by Crippen LogP contribution is -2.05. The highest BCUT2D eigenvalue weighted by Gasteiger charge is 2.19. The Morgan fingerprint density at radius 3 is 2.38 bits per heavy atom. The fourth-order valence-electron chi connectivity index (χ4n) is 2.78. The molecule has 3 rings (SSSR count). The molecule has 0 aliphatic carbocycles. The van der Waals surface area contributed by atoms with Crippen LogP contribution in [-0.4, -0.2) is 17.5 Å². The second kappa shape index (κ2) is 6.49. The first kappa shape index (κ1) is 13.7. The summed E-state index contributed by atoms with van der Waals surface area (Å²) in [6.45, 7) is 0. The van der Waals surface area contributed by atoms with Crippen molar-refractivity contribution in [1.29, 1.82) is 0 Å². The number of carbonyl (C=O) groups excluding carboxylic acids is 1. The summed E-state index contributed by atoms with van der Waals surface area (Å²) in [5.41, 5.74) is 3.21. The average molecular weight is 277 g/mol. The molecule has 0 fully saturated rings. The first-order valence-corrected chi connectivity index (χ1v) is 7.53. The third-order valence-electron chi connectivity index (χ3n) is 3.96. The first-order chi connectivity index (χ1) is 10.3. The smallest absolute Gasteiger partial charge is 0.162 e. The van der Waals surface area contributed by atoms with Crippen molar-refractivity contribution in [3.63, 3.8) is 0 Å². The van der Waals surface area contributed by atoms with Gasteiger partial charge >= 0.3 is 0 Å². The van der Waals surface area contributed by atoms with Crippen molar-refractivity contribution in [3.8, 4) is 0 Å². The van der Waals surface area contributed by atoms with Crippen LogP contribution in [0.2, 0.25) is 0 Å². The monoisotopic (exact) mass is 277 g/mol. The van der Waals surface area contributed by atoms with Crippen LogP contribution >= 0.6 is 0 Å². The SMILES string of the molecule is O=C(CCC1CCC(c2ccccc2)=N1)c1ccccc1. The Labute approximate surface area is 125 Å². The minimum absolute atomic E-state index is 0.221. The van der Waals surface area contributed by atoms with Gasteiger partial charge in [0.05, 0.1) is 6.04 Å². The molecule has 1 heterocycles. The van der Waals surface area contributed by atoms with E-state index in [1.807, 2.05) is 48.5 Å². The van der Waals surface area contributed by atoms with E-state index in [-0.39, 0.29) is 5.78 Å². The minimum atomic E-state index is 0.221. The van der Waals surface area contributed by atoms with Crippen molar-refractivity contribution in [1.82, 2.24) is 0 Å². The van der Waals surface area contributed by atoms with Crippen molar-refractivity contribution in [2.75, 3.05) is 0 Å². The van der Waals surface area contributed by atoms with E-state index in [1.54, 1.807) is 0 Å². The highest BCUT2D eigenvalue weighted by atomic mass is 16.1. The molecule has 1 atom stereocenters. The molecular formula is C19H19NO. The predicted octanol–water partition coefficient (Wildman–Crippen LogP) is 4.30. The van der Waals surface area contributed by atoms with Crippen LogP contribution in [0.15, 0.2) is 65.7 Å². The average Bonchev–Trinajstić information content (AvgIpc) is 3.03. The van der Waals surface area contributed by atoms with Crippen molar-refractivity contribution in [3.05, 3.63) is 71.8 Å². The topological polar surface area (TPSA) is 29.4 Å². The lowest BCUT2D eigenvalue weighted by Gasteiger charge is -2.05. The van der Waals surface area contributed by atoms with Crippen molar-refractivity contribution in [2.24, 2.45) is 4.99 Å². The summed E-state index contributed by atoms with van der Waals surface area (Å²) in [6.07, 6.45) is 3.52. The van der Waals surface area contributed by atoms with E-state index in [1.165, 1.54) is 11.3 Å². The van der Waals surface area contributed by atoms with E-state index in [9.17, 15) is 4.79 Å². The molecule has 2 heteroatoms. The summed E-state index contributed by atoms with van der Waals surface area (Å²) in [4.78, 5) is 16.9. The molecule has 0 saturated carbocycles. The number of ketones is 1. The van der Waals surface area contributed by atoms with Gasteiger partial charge in [0.25, 0.3) is 0 Å². The molecule has 1 aliphatic heterocycles. The molecular weight excluding hydrogens is 258 g/mol. The summed E-state index contributed by atoms with van der Waals surface area (Å²) >= 11 is 0. The van der Waals surface area contributed by atoms with Crippen LogP contribution in [0.5, 0.6) is 0 Å². The highest BCUT2D eigenvalue weighted by Crippen LogP contribution is 2.22. The molecule has 0 radical (unpaired) electrons. The zero-order valence-corrected chi connectivity index (χ0v) is 12.0. The van der Waals surface area contributed by atoms with Gasteiger partial charge in [0.15, 0.2) is 5.78 Å². The molecule has 106 valence electrons. The Bertz CT molecular complexity index is 631. The van der Waals surface area contributed by atoms with Gasteiger partial charge in [0, 0.05) is 17.7 Å². The number of aliphatic imine (C=N–C) groups is 1. The fourth-order valence-corrected chi connectivity index (χ4v) is 2.78. The van der Waals surface area contributed by atoms with Gasteiger partial charge < -0.3 is 0 Å².